The monoisotopic (exact) mass is 500 g/mol. The highest BCUT2D eigenvalue weighted by atomic mass is 32.2. The van der Waals surface area contributed by atoms with E-state index < -0.39 is 0 Å². The third-order valence-electron chi connectivity index (χ3n) is 6.38. The molecule has 196 valence electrons. The number of aliphatic imine (C=N–C) groups is 1. The van der Waals surface area contributed by atoms with Gasteiger partial charge in [-0.05, 0) is 43.6 Å². The van der Waals surface area contributed by atoms with Crippen LogP contribution in [-0.4, -0.2) is 33.4 Å². The zero-order chi connectivity index (χ0) is 25.9. The fourth-order valence-corrected chi connectivity index (χ4v) is 5.09. The third-order valence-corrected chi connectivity index (χ3v) is 7.35. The molecule has 0 radical (unpaired) electrons. The van der Waals surface area contributed by atoms with E-state index in [1.165, 1.54) is 56.9 Å². The Labute approximate surface area is 218 Å². The van der Waals surface area contributed by atoms with Crippen molar-refractivity contribution in [3.63, 3.8) is 0 Å². The van der Waals surface area contributed by atoms with E-state index in [2.05, 4.69) is 61.0 Å². The SMILES string of the molecule is C/C(=C\CSCC(Nc1ncccn1)C(N)=NC#N)CCCC(C)CCCC(C)CCCC(C)C. The molecule has 0 aliphatic carbocycles. The minimum absolute atomic E-state index is 0.257. The normalized spacial score (nSPS) is 15.0. The summed E-state index contributed by atoms with van der Waals surface area (Å²) in [5, 5.41) is 12.0. The molecular formula is C28H48N6S. The van der Waals surface area contributed by atoms with Crippen molar-refractivity contribution in [2.45, 2.75) is 98.4 Å². The molecule has 1 heterocycles. The van der Waals surface area contributed by atoms with Crippen LogP contribution >= 0.6 is 11.8 Å². The van der Waals surface area contributed by atoms with Crippen molar-refractivity contribution < 1.29 is 0 Å². The maximum absolute atomic E-state index is 8.84. The number of rotatable bonds is 19. The Kier molecular flexibility index (Phi) is 16.9. The van der Waals surface area contributed by atoms with Crippen LogP contribution in [0.25, 0.3) is 0 Å². The largest absolute Gasteiger partial charge is 0.385 e. The summed E-state index contributed by atoms with van der Waals surface area (Å²) in [7, 11) is 0. The number of hydrogen-bond donors (Lipinski definition) is 2. The molecule has 0 bridgehead atoms. The fourth-order valence-electron chi connectivity index (χ4n) is 4.06. The van der Waals surface area contributed by atoms with Gasteiger partial charge in [0.1, 0.15) is 5.84 Å². The molecule has 1 rings (SSSR count). The number of amidine groups is 1. The number of nitrogens with one attached hydrogen (secondary N) is 1. The van der Waals surface area contributed by atoms with Crippen molar-refractivity contribution in [3.8, 4) is 6.19 Å². The Morgan fingerprint density at radius 3 is 2.26 bits per heavy atom. The van der Waals surface area contributed by atoms with E-state index in [1.54, 1.807) is 36.4 Å². The Morgan fingerprint density at radius 2 is 1.66 bits per heavy atom. The second-order valence-electron chi connectivity index (χ2n) is 10.4. The van der Waals surface area contributed by atoms with Crippen molar-refractivity contribution in [2.24, 2.45) is 28.5 Å². The van der Waals surface area contributed by atoms with Crippen molar-refractivity contribution in [1.29, 1.82) is 5.26 Å². The second-order valence-corrected chi connectivity index (χ2v) is 11.4. The first-order valence-corrected chi connectivity index (χ1v) is 14.5. The lowest BCUT2D eigenvalue weighted by atomic mass is 9.91. The van der Waals surface area contributed by atoms with Crippen LogP contribution in [0.1, 0.15) is 92.4 Å². The second kappa shape index (κ2) is 19.2. The van der Waals surface area contributed by atoms with Crippen LogP contribution in [0, 0.1) is 29.2 Å². The molecule has 0 aliphatic heterocycles. The van der Waals surface area contributed by atoms with Crippen LogP contribution in [0.4, 0.5) is 5.95 Å². The Morgan fingerprint density at radius 1 is 1.06 bits per heavy atom. The van der Waals surface area contributed by atoms with Gasteiger partial charge in [0.25, 0.3) is 0 Å². The van der Waals surface area contributed by atoms with Gasteiger partial charge in [-0.25, -0.2) is 9.97 Å². The van der Waals surface area contributed by atoms with Crippen molar-refractivity contribution >= 4 is 23.5 Å². The molecule has 0 amide bonds. The lowest BCUT2D eigenvalue weighted by Crippen LogP contribution is -2.38. The number of anilines is 1. The molecule has 7 heteroatoms. The number of hydrogen-bond acceptors (Lipinski definition) is 6. The number of nitrogens with two attached hydrogens (primary N) is 1. The predicted molar refractivity (Wildman–Crippen MR) is 152 cm³/mol. The van der Waals surface area contributed by atoms with E-state index in [0.717, 1.165) is 29.9 Å². The maximum atomic E-state index is 8.84. The Hall–Kier alpha value is -2.07. The summed E-state index contributed by atoms with van der Waals surface area (Å²) in [6, 6.07) is 1.47. The van der Waals surface area contributed by atoms with E-state index in [9.17, 15) is 0 Å². The van der Waals surface area contributed by atoms with Gasteiger partial charge < -0.3 is 11.1 Å². The lowest BCUT2D eigenvalue weighted by Gasteiger charge is -2.16. The molecule has 3 atom stereocenters. The number of nitriles is 1. The van der Waals surface area contributed by atoms with Crippen LogP contribution in [0.5, 0.6) is 0 Å². The molecule has 1 aromatic heterocycles. The zero-order valence-corrected chi connectivity index (χ0v) is 23.5. The summed E-state index contributed by atoms with van der Waals surface area (Å²) in [5.74, 6) is 4.86. The molecule has 0 fully saturated rings. The van der Waals surface area contributed by atoms with Crippen molar-refractivity contribution in [3.05, 3.63) is 30.1 Å². The van der Waals surface area contributed by atoms with Crippen LogP contribution in [-0.2, 0) is 0 Å². The highest BCUT2D eigenvalue weighted by Gasteiger charge is 2.14. The first-order chi connectivity index (χ1) is 16.8. The summed E-state index contributed by atoms with van der Waals surface area (Å²) in [6.45, 7) is 11.7. The molecule has 0 aromatic carbocycles. The van der Waals surface area contributed by atoms with Crippen LogP contribution in [0.3, 0.4) is 0 Å². The summed E-state index contributed by atoms with van der Waals surface area (Å²) in [6.07, 6.45) is 19.4. The van der Waals surface area contributed by atoms with Crippen molar-refractivity contribution in [1.82, 2.24) is 9.97 Å². The molecule has 0 saturated carbocycles. The third kappa shape index (κ3) is 16.3. The lowest BCUT2D eigenvalue weighted by molar-refractivity contribution is 0.389. The smallest absolute Gasteiger partial charge is 0.223 e. The highest BCUT2D eigenvalue weighted by molar-refractivity contribution is 7.99. The molecule has 0 saturated heterocycles. The van der Waals surface area contributed by atoms with Gasteiger partial charge in [-0.3, -0.25) is 0 Å². The molecule has 1 aromatic rings. The topological polar surface area (TPSA) is 100.0 Å². The molecule has 3 N–H and O–H groups in total. The summed E-state index contributed by atoms with van der Waals surface area (Å²) in [4.78, 5) is 12.0. The highest BCUT2D eigenvalue weighted by Crippen LogP contribution is 2.22. The van der Waals surface area contributed by atoms with E-state index in [0.29, 0.717) is 11.7 Å². The van der Waals surface area contributed by atoms with E-state index in [-0.39, 0.29) is 11.9 Å². The van der Waals surface area contributed by atoms with E-state index in [4.69, 9.17) is 11.0 Å². The predicted octanol–water partition coefficient (Wildman–Crippen LogP) is 7.21. The zero-order valence-electron chi connectivity index (χ0n) is 22.7. The van der Waals surface area contributed by atoms with Crippen molar-refractivity contribution in [2.75, 3.05) is 16.8 Å². The summed E-state index contributed by atoms with van der Waals surface area (Å²) < 4.78 is 0. The average Bonchev–Trinajstić information content (AvgIpc) is 2.81. The first kappa shape index (κ1) is 31.0. The summed E-state index contributed by atoms with van der Waals surface area (Å²) in [5.41, 5.74) is 7.42. The Balaban J connectivity index is 2.24. The van der Waals surface area contributed by atoms with Gasteiger partial charge in [-0.1, -0.05) is 84.3 Å². The van der Waals surface area contributed by atoms with Crippen LogP contribution in [0.2, 0.25) is 0 Å². The quantitative estimate of drug-likeness (QED) is 0.0684. The standard InChI is InChI=1S/C28H48N6S/c1-22(2)10-6-11-23(3)12-7-13-24(4)14-8-15-25(5)16-19-35-20-26(27(30)33-21-29)34-28-31-17-9-18-32-28/h9,16-18,22-24,26H,6-8,10-15,19-20H2,1-5H3,(H2,30,33)(H,31,32,34)/b25-16+. The maximum Gasteiger partial charge on any atom is 0.223 e. The molecule has 35 heavy (non-hydrogen) atoms. The van der Waals surface area contributed by atoms with E-state index >= 15 is 0 Å². The van der Waals surface area contributed by atoms with Crippen LogP contribution < -0.4 is 11.1 Å². The fraction of sp³-hybridized carbons (Fsp3) is 0.714. The van der Waals surface area contributed by atoms with E-state index in [1.807, 2.05) is 0 Å². The van der Waals surface area contributed by atoms with Gasteiger partial charge in [0.2, 0.25) is 12.1 Å². The molecule has 0 spiro atoms. The van der Waals surface area contributed by atoms with Gasteiger partial charge in [0, 0.05) is 23.9 Å². The van der Waals surface area contributed by atoms with Gasteiger partial charge in [-0.2, -0.15) is 22.0 Å². The Bertz CT molecular complexity index is 771. The molecule has 6 nitrogen and oxygen atoms in total. The first-order valence-electron chi connectivity index (χ1n) is 13.3. The molecule has 3 unspecified atom stereocenters. The minimum atomic E-state index is -0.283. The molecule has 0 aliphatic rings. The number of nitrogens with zero attached hydrogens (tertiary/aromatic N) is 4. The van der Waals surface area contributed by atoms with Gasteiger partial charge in [0.15, 0.2) is 0 Å². The van der Waals surface area contributed by atoms with Gasteiger partial charge >= 0.3 is 0 Å². The van der Waals surface area contributed by atoms with Crippen LogP contribution in [0.15, 0.2) is 35.1 Å². The summed E-state index contributed by atoms with van der Waals surface area (Å²) >= 11 is 1.76. The number of aromatic nitrogens is 2. The average molecular weight is 501 g/mol. The van der Waals surface area contributed by atoms with Gasteiger partial charge in [-0.15, -0.1) is 0 Å². The number of allylic oxidation sites excluding steroid dienone is 1. The van der Waals surface area contributed by atoms with Gasteiger partial charge in [0.05, 0.1) is 6.04 Å². The molecular weight excluding hydrogens is 452 g/mol. The number of thioether (sulfide) groups is 1. The minimum Gasteiger partial charge on any atom is -0.385 e.